The van der Waals surface area contributed by atoms with Gasteiger partial charge in [-0.25, -0.2) is 0 Å². The number of guanidine groups is 1. The summed E-state index contributed by atoms with van der Waals surface area (Å²) in [6.07, 6.45) is 2.88. The molecule has 0 amide bonds. The molecule has 1 aromatic rings. The molecule has 0 radical (unpaired) electrons. The number of para-hydroxylation sites is 1. The quantitative estimate of drug-likeness (QED) is 0.528. The van der Waals surface area contributed by atoms with Gasteiger partial charge in [0.15, 0.2) is 5.96 Å². The van der Waals surface area contributed by atoms with Crippen molar-refractivity contribution in [1.29, 1.82) is 0 Å². The van der Waals surface area contributed by atoms with Gasteiger partial charge in [0.2, 0.25) is 0 Å². The predicted molar refractivity (Wildman–Crippen MR) is 114 cm³/mol. The second-order valence-electron chi connectivity index (χ2n) is 7.22. The van der Waals surface area contributed by atoms with Gasteiger partial charge in [0.05, 0.1) is 17.8 Å². The van der Waals surface area contributed by atoms with Crippen molar-refractivity contribution in [3.8, 4) is 0 Å². The highest BCUT2D eigenvalue weighted by atomic mass is 79.9. The van der Waals surface area contributed by atoms with E-state index in [0.29, 0.717) is 12.6 Å². The highest BCUT2D eigenvalue weighted by Gasteiger charge is 2.32. The maximum atomic E-state index is 5.81. The van der Waals surface area contributed by atoms with Crippen LogP contribution in [0.2, 0.25) is 0 Å². The van der Waals surface area contributed by atoms with E-state index in [2.05, 4.69) is 62.7 Å². The Balaban J connectivity index is 1.60. The molecule has 2 heterocycles. The lowest BCUT2D eigenvalue weighted by atomic mass is 9.94. The maximum absolute atomic E-state index is 5.81. The van der Waals surface area contributed by atoms with Crippen LogP contribution in [0, 0.1) is 0 Å². The van der Waals surface area contributed by atoms with Crippen LogP contribution in [0.4, 0.5) is 5.69 Å². The van der Waals surface area contributed by atoms with Gasteiger partial charge in [-0.3, -0.25) is 4.99 Å². The molecule has 6 nitrogen and oxygen atoms in total. The van der Waals surface area contributed by atoms with Gasteiger partial charge >= 0.3 is 0 Å². The number of hydrogen-bond donors (Lipinski definition) is 2. The molecule has 27 heavy (non-hydrogen) atoms. The maximum Gasteiger partial charge on any atom is 0.191 e. The summed E-state index contributed by atoms with van der Waals surface area (Å²) < 4.78 is 12.4. The summed E-state index contributed by atoms with van der Waals surface area (Å²) in [5.41, 5.74) is 1.06. The largest absolute Gasteiger partial charge is 0.381 e. The number of nitrogens with zero attached hydrogens (tertiary/aromatic N) is 2. The predicted octanol–water partition coefficient (Wildman–Crippen LogP) is 2.78. The van der Waals surface area contributed by atoms with E-state index in [9.17, 15) is 0 Å². The van der Waals surface area contributed by atoms with Crippen molar-refractivity contribution in [1.82, 2.24) is 10.6 Å². The van der Waals surface area contributed by atoms with Gasteiger partial charge in [0, 0.05) is 63.3 Å². The Bertz CT molecular complexity index is 634. The Morgan fingerprint density at radius 3 is 2.85 bits per heavy atom. The first-order chi connectivity index (χ1) is 13.2. The normalized spacial score (nSPS) is 22.7. The van der Waals surface area contributed by atoms with Crippen molar-refractivity contribution < 1.29 is 9.47 Å². The number of methoxy groups -OCH3 is 1. The summed E-state index contributed by atoms with van der Waals surface area (Å²) in [5, 5.41) is 6.99. The zero-order chi connectivity index (χ0) is 19.1. The third kappa shape index (κ3) is 5.36. The van der Waals surface area contributed by atoms with Gasteiger partial charge in [-0.1, -0.05) is 12.1 Å². The molecule has 1 aromatic carbocycles. The topological polar surface area (TPSA) is 58.1 Å². The summed E-state index contributed by atoms with van der Waals surface area (Å²) in [6.45, 7) is 7.10. The minimum absolute atomic E-state index is 0.197. The molecule has 2 saturated heterocycles. The van der Waals surface area contributed by atoms with Crippen molar-refractivity contribution in [3.05, 3.63) is 28.7 Å². The highest BCUT2D eigenvalue weighted by Crippen LogP contribution is 2.28. The van der Waals surface area contributed by atoms with Gasteiger partial charge in [-0.05, 0) is 41.4 Å². The lowest BCUT2D eigenvalue weighted by molar-refractivity contribution is -0.0828. The molecule has 2 aliphatic heterocycles. The molecule has 1 atom stereocenters. The van der Waals surface area contributed by atoms with Crippen molar-refractivity contribution in [2.45, 2.75) is 37.8 Å². The first kappa shape index (κ1) is 20.4. The second kappa shape index (κ2) is 9.75. The van der Waals surface area contributed by atoms with E-state index in [4.69, 9.17) is 14.5 Å². The molecular weight excluding hydrogens is 408 g/mol. The summed E-state index contributed by atoms with van der Waals surface area (Å²) >= 11 is 3.66. The fourth-order valence-electron chi connectivity index (χ4n) is 3.71. The van der Waals surface area contributed by atoms with Crippen LogP contribution >= 0.6 is 15.9 Å². The fraction of sp³-hybridized carbons (Fsp3) is 0.650. The number of halogens is 1. The van der Waals surface area contributed by atoms with Crippen molar-refractivity contribution in [3.63, 3.8) is 0 Å². The summed E-state index contributed by atoms with van der Waals surface area (Å²) in [6, 6.07) is 8.78. The molecule has 0 bridgehead atoms. The van der Waals surface area contributed by atoms with Crippen LogP contribution in [0.25, 0.3) is 0 Å². The number of ether oxygens (including phenoxy) is 2. The number of benzene rings is 1. The molecule has 2 N–H and O–H groups in total. The third-order valence-electron chi connectivity index (χ3n) is 5.43. The van der Waals surface area contributed by atoms with Gasteiger partial charge in [0.1, 0.15) is 0 Å². The molecule has 7 heteroatoms. The molecule has 2 aliphatic rings. The zero-order valence-corrected chi connectivity index (χ0v) is 17.9. The average molecular weight is 439 g/mol. The summed E-state index contributed by atoms with van der Waals surface area (Å²) in [7, 11) is 1.79. The van der Waals surface area contributed by atoms with E-state index in [1.165, 1.54) is 5.69 Å². The smallest absolute Gasteiger partial charge is 0.191 e. The number of hydrogen-bond acceptors (Lipinski definition) is 4. The number of anilines is 1. The van der Waals surface area contributed by atoms with Crippen LogP contribution in [0.1, 0.15) is 26.2 Å². The Morgan fingerprint density at radius 1 is 1.37 bits per heavy atom. The summed E-state index contributed by atoms with van der Waals surface area (Å²) in [5.74, 6) is 0.874. The van der Waals surface area contributed by atoms with Gasteiger partial charge in [-0.2, -0.15) is 0 Å². The molecule has 3 rings (SSSR count). The first-order valence-electron chi connectivity index (χ1n) is 9.83. The lowest BCUT2D eigenvalue weighted by Gasteiger charge is -2.34. The monoisotopic (exact) mass is 438 g/mol. The van der Waals surface area contributed by atoms with Crippen molar-refractivity contribution in [2.75, 3.05) is 51.4 Å². The van der Waals surface area contributed by atoms with Crippen LogP contribution in [0.3, 0.4) is 0 Å². The van der Waals surface area contributed by atoms with Crippen LogP contribution in [0.15, 0.2) is 33.7 Å². The Labute approximate surface area is 170 Å². The zero-order valence-electron chi connectivity index (χ0n) is 16.3. The van der Waals surface area contributed by atoms with E-state index in [1.54, 1.807) is 7.11 Å². The first-order valence-corrected chi connectivity index (χ1v) is 10.6. The number of aliphatic imine (C=N–C) groups is 1. The van der Waals surface area contributed by atoms with Gasteiger partial charge in [0.25, 0.3) is 0 Å². The van der Waals surface area contributed by atoms with E-state index in [0.717, 1.165) is 62.5 Å². The molecule has 0 aliphatic carbocycles. The van der Waals surface area contributed by atoms with E-state index in [1.807, 2.05) is 0 Å². The Kier molecular flexibility index (Phi) is 7.38. The van der Waals surface area contributed by atoms with Crippen LogP contribution in [-0.2, 0) is 9.47 Å². The number of rotatable bonds is 6. The Morgan fingerprint density at radius 2 is 2.15 bits per heavy atom. The minimum Gasteiger partial charge on any atom is -0.381 e. The Hall–Kier alpha value is -1.31. The second-order valence-corrected chi connectivity index (χ2v) is 8.08. The van der Waals surface area contributed by atoms with Gasteiger partial charge in [-0.15, -0.1) is 0 Å². The number of nitrogens with one attached hydrogen (secondary N) is 2. The fourth-order valence-corrected chi connectivity index (χ4v) is 4.25. The van der Waals surface area contributed by atoms with Crippen molar-refractivity contribution in [2.24, 2.45) is 4.99 Å². The molecular formula is C20H31BrN4O2. The van der Waals surface area contributed by atoms with E-state index >= 15 is 0 Å². The molecule has 1 unspecified atom stereocenters. The standard InChI is InChI=1S/C20H31BrN4O2/c1-3-22-19(23-15-20(26-2)9-12-27-13-10-20)24-16-8-11-25(14-16)18-7-5-4-6-17(18)21/h4-7,16H,3,8-15H2,1-2H3,(H2,22,23,24). The molecule has 150 valence electrons. The molecule has 2 fully saturated rings. The molecule has 0 spiro atoms. The van der Waals surface area contributed by atoms with Gasteiger partial charge < -0.3 is 25.0 Å². The average Bonchev–Trinajstić information content (AvgIpc) is 3.16. The van der Waals surface area contributed by atoms with Crippen molar-refractivity contribution >= 4 is 27.6 Å². The lowest BCUT2D eigenvalue weighted by Crippen LogP contribution is -2.47. The van der Waals surface area contributed by atoms with Crippen LogP contribution in [0.5, 0.6) is 0 Å². The molecule has 0 aromatic heterocycles. The minimum atomic E-state index is -0.197. The molecule has 0 saturated carbocycles. The third-order valence-corrected chi connectivity index (χ3v) is 6.10. The van der Waals surface area contributed by atoms with E-state index in [-0.39, 0.29) is 5.60 Å². The SMILES string of the molecule is CCNC(=NCC1(OC)CCOCC1)NC1CCN(c2ccccc2Br)C1. The van der Waals surface area contributed by atoms with Crippen LogP contribution in [-0.4, -0.2) is 64.1 Å². The highest BCUT2D eigenvalue weighted by molar-refractivity contribution is 9.10. The summed E-state index contributed by atoms with van der Waals surface area (Å²) in [4.78, 5) is 7.26. The van der Waals surface area contributed by atoms with E-state index < -0.39 is 0 Å². The van der Waals surface area contributed by atoms with Crippen LogP contribution < -0.4 is 15.5 Å².